The van der Waals surface area contributed by atoms with Crippen molar-refractivity contribution in [1.82, 2.24) is 0 Å². The van der Waals surface area contributed by atoms with Crippen LogP contribution in [0.4, 0.5) is 8.78 Å². The average Bonchev–Trinajstić information content (AvgIpc) is 2.09. The molecule has 0 atom stereocenters. The van der Waals surface area contributed by atoms with Crippen LogP contribution < -0.4 is 4.74 Å². The van der Waals surface area contributed by atoms with Crippen molar-refractivity contribution in [2.75, 3.05) is 7.11 Å². The lowest BCUT2D eigenvalue weighted by Gasteiger charge is -2.10. The van der Waals surface area contributed by atoms with Gasteiger partial charge < -0.3 is 4.74 Å². The fraction of sp³-hybridized carbons (Fsp3) is 0.250. The molecule has 0 saturated carbocycles. The molecule has 1 aromatic carbocycles. The molecular weight excluding hydrogens is 312 g/mol. The number of rotatable bonds is 2. The number of halogens is 4. The molecule has 1 rings (SSSR count). The summed E-state index contributed by atoms with van der Waals surface area (Å²) in [6.07, 6.45) is -2.57. The smallest absolute Gasteiger partial charge is 0.267 e. The van der Waals surface area contributed by atoms with Crippen molar-refractivity contribution in [3.8, 4) is 5.75 Å². The monoisotopic (exact) mass is 318 g/mol. The van der Waals surface area contributed by atoms with Gasteiger partial charge in [0.05, 0.1) is 17.7 Å². The lowest BCUT2D eigenvalue weighted by Crippen LogP contribution is -1.94. The lowest BCUT2D eigenvalue weighted by molar-refractivity contribution is 0.147. The number of methoxy groups -OCH3 is 1. The molecule has 0 aliphatic carbocycles. The van der Waals surface area contributed by atoms with Gasteiger partial charge in [0.25, 0.3) is 6.43 Å². The number of alkyl halides is 2. The van der Waals surface area contributed by atoms with E-state index in [1.165, 1.54) is 19.2 Å². The fourth-order valence-corrected chi connectivity index (χ4v) is 1.60. The summed E-state index contributed by atoms with van der Waals surface area (Å²) < 4.78 is 30.3. The molecule has 0 unspecified atom stereocenters. The molecule has 0 radical (unpaired) electrons. The quantitative estimate of drug-likeness (QED) is 0.752. The second kappa shape index (κ2) is 4.41. The van der Waals surface area contributed by atoms with Crippen LogP contribution in [0.3, 0.4) is 0 Å². The van der Waals surface area contributed by atoms with Crippen molar-refractivity contribution in [2.24, 2.45) is 0 Å². The molecule has 0 N–H and O–H groups in total. The zero-order chi connectivity index (χ0) is 10.0. The van der Waals surface area contributed by atoms with Crippen molar-refractivity contribution in [2.45, 2.75) is 6.43 Å². The lowest BCUT2D eigenvalue weighted by atomic mass is 10.2. The number of hydrogen-bond acceptors (Lipinski definition) is 1. The van der Waals surface area contributed by atoms with Crippen LogP contribution in [-0.4, -0.2) is 7.11 Å². The highest BCUT2D eigenvalue weighted by atomic mass is 127. The van der Waals surface area contributed by atoms with Crippen LogP contribution in [0.25, 0.3) is 0 Å². The van der Waals surface area contributed by atoms with Crippen LogP contribution in [0, 0.1) is 3.57 Å². The maximum absolute atomic E-state index is 12.4. The van der Waals surface area contributed by atoms with E-state index in [0.717, 1.165) is 0 Å². The zero-order valence-corrected chi connectivity index (χ0v) is 9.57. The Morgan fingerprint density at radius 2 is 2.08 bits per heavy atom. The van der Waals surface area contributed by atoms with Crippen LogP contribution in [0.5, 0.6) is 5.75 Å². The van der Waals surface area contributed by atoms with E-state index in [1.54, 1.807) is 0 Å². The van der Waals surface area contributed by atoms with E-state index >= 15 is 0 Å². The topological polar surface area (TPSA) is 9.23 Å². The minimum Gasteiger partial charge on any atom is -0.495 e. The molecule has 0 amide bonds. The third-order valence-electron chi connectivity index (χ3n) is 1.52. The van der Waals surface area contributed by atoms with Gasteiger partial charge in [-0.3, -0.25) is 0 Å². The van der Waals surface area contributed by atoms with Gasteiger partial charge in [-0.15, -0.1) is 0 Å². The first kappa shape index (κ1) is 11.0. The largest absolute Gasteiger partial charge is 0.495 e. The molecule has 1 aromatic rings. The van der Waals surface area contributed by atoms with E-state index in [0.29, 0.717) is 3.57 Å². The molecule has 0 heterocycles. The molecule has 0 aliphatic heterocycles. The summed E-state index contributed by atoms with van der Waals surface area (Å²) in [7, 11) is 1.32. The summed E-state index contributed by atoms with van der Waals surface area (Å²) in [6, 6.07) is 2.85. The molecule has 1 nitrogen and oxygen atoms in total. The van der Waals surface area contributed by atoms with Gasteiger partial charge in [-0.05, 0) is 34.7 Å². The zero-order valence-electron chi connectivity index (χ0n) is 6.65. The molecule has 13 heavy (non-hydrogen) atoms. The van der Waals surface area contributed by atoms with E-state index in [1.807, 2.05) is 22.6 Å². The first-order chi connectivity index (χ1) is 6.07. The molecule has 0 bridgehead atoms. The van der Waals surface area contributed by atoms with Crippen molar-refractivity contribution in [3.63, 3.8) is 0 Å². The van der Waals surface area contributed by atoms with Gasteiger partial charge in [-0.1, -0.05) is 11.6 Å². The second-order valence-corrected chi connectivity index (χ2v) is 3.82. The molecule has 72 valence electrons. The summed E-state index contributed by atoms with van der Waals surface area (Å²) in [6.45, 7) is 0. The SMILES string of the molecule is COc1c(C(F)F)ccc(I)c1Cl. The van der Waals surface area contributed by atoms with Crippen LogP contribution in [-0.2, 0) is 0 Å². The van der Waals surface area contributed by atoms with E-state index in [4.69, 9.17) is 16.3 Å². The predicted octanol–water partition coefficient (Wildman–Crippen LogP) is 3.89. The Bertz CT molecular complexity index is 317. The van der Waals surface area contributed by atoms with Crippen LogP contribution in [0.15, 0.2) is 12.1 Å². The Kier molecular flexibility index (Phi) is 3.73. The first-order valence-electron chi connectivity index (χ1n) is 3.38. The van der Waals surface area contributed by atoms with E-state index in [9.17, 15) is 8.78 Å². The normalized spacial score (nSPS) is 10.6. The summed E-state index contributed by atoms with van der Waals surface area (Å²) in [5.74, 6) is 0.0589. The second-order valence-electron chi connectivity index (χ2n) is 2.28. The maximum Gasteiger partial charge on any atom is 0.267 e. The van der Waals surface area contributed by atoms with Gasteiger partial charge in [0.1, 0.15) is 5.75 Å². The first-order valence-corrected chi connectivity index (χ1v) is 4.83. The van der Waals surface area contributed by atoms with Crippen LogP contribution in [0.1, 0.15) is 12.0 Å². The Morgan fingerprint density at radius 1 is 1.46 bits per heavy atom. The van der Waals surface area contributed by atoms with Gasteiger partial charge >= 0.3 is 0 Å². The standard InChI is InChI=1S/C8H6ClF2IO/c1-13-7-4(8(10)11)2-3-5(12)6(7)9/h2-3,8H,1H3. The predicted molar refractivity (Wildman–Crippen MR) is 55.7 cm³/mol. The molecule has 0 fully saturated rings. The van der Waals surface area contributed by atoms with Crippen molar-refractivity contribution < 1.29 is 13.5 Å². The summed E-state index contributed by atoms with van der Waals surface area (Å²) >= 11 is 7.73. The van der Waals surface area contributed by atoms with Crippen molar-refractivity contribution in [1.29, 1.82) is 0 Å². The Hall–Kier alpha value is -0.100. The average molecular weight is 318 g/mol. The third kappa shape index (κ3) is 2.22. The molecule has 0 aliphatic rings. The fourth-order valence-electron chi connectivity index (χ4n) is 0.926. The van der Waals surface area contributed by atoms with Gasteiger partial charge in [0.2, 0.25) is 0 Å². The van der Waals surface area contributed by atoms with Gasteiger partial charge in [-0.25, -0.2) is 8.78 Å². The van der Waals surface area contributed by atoms with E-state index in [2.05, 4.69) is 0 Å². The van der Waals surface area contributed by atoms with Gasteiger partial charge in [0, 0.05) is 3.57 Å². The third-order valence-corrected chi connectivity index (χ3v) is 3.11. The van der Waals surface area contributed by atoms with Crippen LogP contribution >= 0.6 is 34.2 Å². The van der Waals surface area contributed by atoms with Crippen molar-refractivity contribution >= 4 is 34.2 Å². The van der Waals surface area contributed by atoms with Gasteiger partial charge in [0.15, 0.2) is 0 Å². The number of hydrogen-bond donors (Lipinski definition) is 0. The Morgan fingerprint density at radius 3 is 2.54 bits per heavy atom. The summed E-state index contributed by atoms with van der Waals surface area (Å²) in [5.41, 5.74) is -0.173. The number of ether oxygens (including phenoxy) is 1. The van der Waals surface area contributed by atoms with Gasteiger partial charge in [-0.2, -0.15) is 0 Å². The van der Waals surface area contributed by atoms with Crippen molar-refractivity contribution in [3.05, 3.63) is 26.3 Å². The highest BCUT2D eigenvalue weighted by Gasteiger charge is 2.17. The number of benzene rings is 1. The summed E-state index contributed by atoms with van der Waals surface area (Å²) in [5, 5.41) is 0.237. The Balaban J connectivity index is 3.30. The molecule has 5 heteroatoms. The molecule has 0 saturated heterocycles. The summed E-state index contributed by atoms with van der Waals surface area (Å²) in [4.78, 5) is 0. The Labute approximate surface area is 93.2 Å². The minimum absolute atomic E-state index is 0.0589. The molecule has 0 spiro atoms. The molecule has 0 aromatic heterocycles. The highest BCUT2D eigenvalue weighted by molar-refractivity contribution is 14.1. The van der Waals surface area contributed by atoms with E-state index < -0.39 is 6.43 Å². The maximum atomic E-state index is 12.4. The van der Waals surface area contributed by atoms with Crippen LogP contribution in [0.2, 0.25) is 5.02 Å². The minimum atomic E-state index is -2.57. The molecular formula is C8H6ClF2IO. The van der Waals surface area contributed by atoms with E-state index in [-0.39, 0.29) is 16.3 Å². The highest BCUT2D eigenvalue weighted by Crippen LogP contribution is 2.37.